The molecule has 1 atom stereocenters. The zero-order valence-electron chi connectivity index (χ0n) is 30.1. The van der Waals surface area contributed by atoms with E-state index < -0.39 is 57.6 Å². The van der Waals surface area contributed by atoms with Gasteiger partial charge in [0.25, 0.3) is 5.91 Å². The normalized spacial score (nSPS) is 14.9. The quantitative estimate of drug-likeness (QED) is 0.134. The van der Waals surface area contributed by atoms with Gasteiger partial charge in [0.05, 0.1) is 22.3 Å². The smallest absolute Gasteiger partial charge is 0.421 e. The number of hydrogen-bond acceptors (Lipinski definition) is 10. The standard InChI is InChI=1S/C37H45FN6O7S/c1-36(2,3)50-32(45)23-31(42-52(48,49)28-17-13-25(38)14-18-28)41-33(46)24-11-15-27(16-12-24)43-21-19-26(20-22-43)39-34-40-29-9-7-8-10-30(29)44(34)35(47)51-37(4,5)6/h7-18,26,31,42H,19-23H2,1-6H3,(H,39,40)(H,41,46). The van der Waals surface area contributed by atoms with Crippen molar-refractivity contribution in [3.63, 3.8) is 0 Å². The number of halogens is 1. The molecule has 1 aliphatic heterocycles. The molecule has 0 saturated carbocycles. The molecular formula is C37H45FN6O7S. The van der Waals surface area contributed by atoms with Crippen molar-refractivity contribution in [3.05, 3.63) is 84.2 Å². The molecule has 0 aliphatic carbocycles. The lowest BCUT2D eigenvalue weighted by atomic mass is 10.0. The van der Waals surface area contributed by atoms with Crippen LogP contribution in [0.3, 0.4) is 0 Å². The van der Waals surface area contributed by atoms with Crippen LogP contribution in [0.2, 0.25) is 0 Å². The van der Waals surface area contributed by atoms with E-state index in [4.69, 9.17) is 9.47 Å². The Kier molecular flexibility index (Phi) is 11.2. The monoisotopic (exact) mass is 736 g/mol. The second-order valence-corrected chi connectivity index (χ2v) is 16.3. The fourth-order valence-electron chi connectivity index (χ4n) is 5.69. The number of anilines is 2. The first-order chi connectivity index (χ1) is 24.4. The lowest BCUT2D eigenvalue weighted by Crippen LogP contribution is -2.49. The van der Waals surface area contributed by atoms with Crippen molar-refractivity contribution in [1.82, 2.24) is 19.6 Å². The van der Waals surface area contributed by atoms with Crippen LogP contribution in [-0.2, 0) is 24.3 Å². The molecule has 13 nitrogen and oxygen atoms in total. The zero-order chi connectivity index (χ0) is 37.8. The van der Waals surface area contributed by atoms with Crippen molar-refractivity contribution in [2.45, 2.75) is 89.1 Å². The number of carbonyl (C=O) groups excluding carboxylic acids is 3. The van der Waals surface area contributed by atoms with Crippen LogP contribution < -0.4 is 20.3 Å². The summed E-state index contributed by atoms with van der Waals surface area (Å²) in [5.74, 6) is -1.53. The number of para-hydroxylation sites is 2. The van der Waals surface area contributed by atoms with E-state index in [0.717, 1.165) is 42.8 Å². The van der Waals surface area contributed by atoms with Crippen LogP contribution in [0.4, 0.5) is 20.8 Å². The Labute approximate surface area is 302 Å². The highest BCUT2D eigenvalue weighted by molar-refractivity contribution is 7.89. The first-order valence-electron chi connectivity index (χ1n) is 17.0. The highest BCUT2D eigenvalue weighted by Crippen LogP contribution is 2.26. The summed E-state index contributed by atoms with van der Waals surface area (Å²) in [5.41, 5.74) is 0.959. The minimum Gasteiger partial charge on any atom is -0.460 e. The third kappa shape index (κ3) is 10.1. The molecule has 3 N–H and O–H groups in total. The van der Waals surface area contributed by atoms with E-state index in [1.165, 1.54) is 4.57 Å². The predicted octanol–water partition coefficient (Wildman–Crippen LogP) is 5.81. The van der Waals surface area contributed by atoms with E-state index in [0.29, 0.717) is 30.1 Å². The Hall–Kier alpha value is -5.02. The number of benzene rings is 3. The molecule has 0 spiro atoms. The molecule has 1 aliphatic rings. The highest BCUT2D eigenvalue weighted by atomic mass is 32.2. The van der Waals surface area contributed by atoms with Crippen LogP contribution >= 0.6 is 0 Å². The van der Waals surface area contributed by atoms with Crippen LogP contribution in [-0.4, -0.2) is 72.4 Å². The summed E-state index contributed by atoms with van der Waals surface area (Å²) in [6.45, 7) is 11.9. The molecule has 1 fully saturated rings. The minimum atomic E-state index is -4.24. The van der Waals surface area contributed by atoms with Gasteiger partial charge in [-0.3, -0.25) is 9.59 Å². The van der Waals surface area contributed by atoms with Gasteiger partial charge in [-0.2, -0.15) is 4.72 Å². The van der Waals surface area contributed by atoms with Crippen LogP contribution in [0.1, 0.15) is 71.2 Å². The van der Waals surface area contributed by atoms with Gasteiger partial charge in [0, 0.05) is 30.4 Å². The van der Waals surface area contributed by atoms with Gasteiger partial charge in [-0.1, -0.05) is 12.1 Å². The Morgan fingerprint density at radius 3 is 2.12 bits per heavy atom. The van der Waals surface area contributed by atoms with Crippen molar-refractivity contribution in [3.8, 4) is 0 Å². The van der Waals surface area contributed by atoms with E-state index in [-0.39, 0.29) is 16.5 Å². The molecule has 1 aromatic heterocycles. The van der Waals surface area contributed by atoms with Crippen molar-refractivity contribution >= 4 is 50.7 Å². The topological polar surface area (TPSA) is 161 Å². The summed E-state index contributed by atoms with van der Waals surface area (Å²) < 4.78 is 54.3. The molecule has 1 unspecified atom stereocenters. The number of fused-ring (bicyclic) bond motifs is 1. The maximum atomic E-state index is 13.4. The molecule has 52 heavy (non-hydrogen) atoms. The van der Waals surface area contributed by atoms with Gasteiger partial charge in [0.2, 0.25) is 16.0 Å². The van der Waals surface area contributed by atoms with E-state index in [1.807, 2.05) is 45.0 Å². The lowest BCUT2D eigenvalue weighted by molar-refractivity contribution is -0.155. The van der Waals surface area contributed by atoms with Crippen LogP contribution in [0.15, 0.2) is 77.7 Å². The minimum absolute atomic E-state index is 0.0416. The number of nitrogens with one attached hydrogen (secondary N) is 3. The van der Waals surface area contributed by atoms with E-state index in [1.54, 1.807) is 45.0 Å². The highest BCUT2D eigenvalue weighted by Gasteiger charge is 2.29. The van der Waals surface area contributed by atoms with E-state index >= 15 is 0 Å². The van der Waals surface area contributed by atoms with Crippen LogP contribution in [0.25, 0.3) is 11.0 Å². The number of hydrogen-bond donors (Lipinski definition) is 3. The Balaban J connectivity index is 1.22. The number of aromatic nitrogens is 2. The Morgan fingerprint density at radius 1 is 0.885 bits per heavy atom. The summed E-state index contributed by atoms with van der Waals surface area (Å²) in [5, 5.41) is 6.03. The number of piperidine rings is 1. The maximum Gasteiger partial charge on any atom is 0.421 e. The lowest BCUT2D eigenvalue weighted by Gasteiger charge is -2.34. The van der Waals surface area contributed by atoms with Crippen LogP contribution in [0.5, 0.6) is 0 Å². The number of carbonyl (C=O) groups is 3. The SMILES string of the molecule is CC(C)(C)OC(=O)CC(NC(=O)c1ccc(N2CCC(Nc3nc4ccccc4n3C(=O)OC(C)(C)C)CC2)cc1)NS(=O)(=O)c1ccc(F)cc1. The first kappa shape index (κ1) is 38.2. The average molecular weight is 737 g/mol. The van der Waals surface area contributed by atoms with Gasteiger partial charge in [-0.15, -0.1) is 0 Å². The molecule has 5 rings (SSSR count). The molecule has 1 amide bonds. The molecule has 2 heterocycles. The number of rotatable bonds is 10. The number of esters is 1. The first-order valence-corrected chi connectivity index (χ1v) is 18.5. The van der Waals surface area contributed by atoms with Gasteiger partial charge in [-0.25, -0.2) is 27.2 Å². The van der Waals surface area contributed by atoms with Gasteiger partial charge in [-0.05, 0) is 115 Å². The molecule has 0 radical (unpaired) electrons. The van der Waals surface area contributed by atoms with Crippen molar-refractivity contribution < 1.29 is 36.7 Å². The second-order valence-electron chi connectivity index (χ2n) is 14.6. The van der Waals surface area contributed by atoms with E-state index in [9.17, 15) is 27.2 Å². The molecule has 278 valence electrons. The van der Waals surface area contributed by atoms with Gasteiger partial charge < -0.3 is 25.0 Å². The predicted molar refractivity (Wildman–Crippen MR) is 195 cm³/mol. The molecular weight excluding hydrogens is 692 g/mol. The van der Waals surface area contributed by atoms with Crippen molar-refractivity contribution in [2.24, 2.45) is 0 Å². The van der Waals surface area contributed by atoms with Gasteiger partial charge in [0.1, 0.15) is 23.2 Å². The summed E-state index contributed by atoms with van der Waals surface area (Å²) >= 11 is 0. The Bertz CT molecular complexity index is 2010. The summed E-state index contributed by atoms with van der Waals surface area (Å²) in [6.07, 6.45) is -0.849. The summed E-state index contributed by atoms with van der Waals surface area (Å²) in [4.78, 5) is 45.7. The third-order valence-electron chi connectivity index (χ3n) is 7.98. The second kappa shape index (κ2) is 15.3. The summed E-state index contributed by atoms with van der Waals surface area (Å²) in [6, 6.07) is 18.5. The molecule has 4 aromatic rings. The maximum absolute atomic E-state index is 13.4. The van der Waals surface area contributed by atoms with E-state index in [2.05, 4.69) is 25.2 Å². The van der Waals surface area contributed by atoms with Gasteiger partial charge in [0.15, 0.2) is 0 Å². The molecule has 1 saturated heterocycles. The molecule has 15 heteroatoms. The number of sulfonamides is 1. The largest absolute Gasteiger partial charge is 0.460 e. The number of ether oxygens (including phenoxy) is 2. The molecule has 0 bridgehead atoms. The summed E-state index contributed by atoms with van der Waals surface area (Å²) in [7, 11) is -4.24. The molecule has 3 aromatic carbocycles. The fourth-order valence-corrected chi connectivity index (χ4v) is 6.83. The third-order valence-corrected chi connectivity index (χ3v) is 9.46. The van der Waals surface area contributed by atoms with Gasteiger partial charge >= 0.3 is 12.1 Å². The zero-order valence-corrected chi connectivity index (χ0v) is 30.9. The van der Waals surface area contributed by atoms with Crippen LogP contribution in [0, 0.1) is 5.82 Å². The number of nitrogens with zero attached hydrogens (tertiary/aromatic N) is 3. The van der Waals surface area contributed by atoms with Crippen molar-refractivity contribution in [1.29, 1.82) is 0 Å². The van der Waals surface area contributed by atoms with Crippen molar-refractivity contribution in [2.75, 3.05) is 23.3 Å². The Morgan fingerprint density at radius 2 is 1.50 bits per heavy atom. The number of amides is 1. The fraction of sp³-hybridized carbons (Fsp3) is 0.405. The average Bonchev–Trinajstić information content (AvgIpc) is 3.41. The number of imidazole rings is 1.